The number of benzene rings is 1. The van der Waals surface area contributed by atoms with Crippen molar-refractivity contribution in [2.75, 3.05) is 6.61 Å². The Balaban J connectivity index is 1.77. The molecule has 5 atom stereocenters. The molecular formula is C20H25N3O2. The van der Waals surface area contributed by atoms with Crippen molar-refractivity contribution in [3.8, 4) is 0 Å². The van der Waals surface area contributed by atoms with E-state index < -0.39 is 6.10 Å². The molecule has 1 aromatic carbocycles. The molecular weight excluding hydrogens is 314 g/mol. The number of ether oxygens (including phenoxy) is 1. The Bertz CT molecular complexity index is 784. The number of imidazole rings is 1. The second-order valence-corrected chi connectivity index (χ2v) is 6.87. The Morgan fingerprint density at radius 3 is 2.68 bits per heavy atom. The van der Waals surface area contributed by atoms with Crippen molar-refractivity contribution in [1.29, 1.82) is 0 Å². The second kappa shape index (κ2) is 6.41. The Morgan fingerprint density at radius 2 is 1.96 bits per heavy atom. The van der Waals surface area contributed by atoms with Crippen LogP contribution < -0.4 is 5.32 Å². The molecule has 0 bridgehead atoms. The fourth-order valence-electron chi connectivity index (χ4n) is 4.08. The second-order valence-electron chi connectivity index (χ2n) is 6.87. The number of fused-ring (bicyclic) bond motifs is 3. The standard InChI is InChI=1S/C20H25N3O2/c1-4-25-19-15-10-11-23-13(3)12(2)21-20(23)17(15)22-16(18(19)24)14-8-6-5-7-9-14/h5-11,15-19,22,24H,4H2,1-3H3/t15?,16-,17?,18-,19-/m1/s1. The number of hydrogen-bond acceptors (Lipinski definition) is 4. The summed E-state index contributed by atoms with van der Waals surface area (Å²) in [4.78, 5) is 4.79. The summed E-state index contributed by atoms with van der Waals surface area (Å²) >= 11 is 0. The number of aliphatic hydroxyl groups excluding tert-OH is 1. The van der Waals surface area contributed by atoms with Gasteiger partial charge in [-0.2, -0.15) is 0 Å². The SMILES string of the molecule is CCO[C@@H]1C2C=Cn3c(nc(C)c3C)C2N[C@H](c2ccccc2)[C@H]1O. The van der Waals surface area contributed by atoms with E-state index in [4.69, 9.17) is 9.72 Å². The van der Waals surface area contributed by atoms with Gasteiger partial charge < -0.3 is 14.4 Å². The first-order chi connectivity index (χ1) is 12.1. The average Bonchev–Trinajstić information content (AvgIpc) is 2.92. The molecule has 1 saturated heterocycles. The molecule has 132 valence electrons. The average molecular weight is 339 g/mol. The Labute approximate surface area is 148 Å². The molecule has 2 aliphatic rings. The molecule has 3 heterocycles. The first kappa shape index (κ1) is 16.5. The number of rotatable bonds is 3. The first-order valence-electron chi connectivity index (χ1n) is 8.96. The lowest BCUT2D eigenvalue weighted by Gasteiger charge is -2.45. The van der Waals surface area contributed by atoms with Crippen LogP contribution in [0.25, 0.3) is 6.20 Å². The molecule has 1 fully saturated rings. The molecule has 0 spiro atoms. The Morgan fingerprint density at radius 1 is 1.20 bits per heavy atom. The van der Waals surface area contributed by atoms with E-state index in [1.165, 1.54) is 0 Å². The molecule has 0 radical (unpaired) electrons. The van der Waals surface area contributed by atoms with Crippen LogP contribution in [-0.2, 0) is 4.74 Å². The molecule has 2 aromatic rings. The topological polar surface area (TPSA) is 59.3 Å². The minimum absolute atomic E-state index is 0.0163. The van der Waals surface area contributed by atoms with Crippen LogP contribution in [0.15, 0.2) is 36.4 Å². The summed E-state index contributed by atoms with van der Waals surface area (Å²) in [6.45, 7) is 6.68. The predicted molar refractivity (Wildman–Crippen MR) is 97.0 cm³/mol. The van der Waals surface area contributed by atoms with E-state index in [0.717, 1.165) is 22.8 Å². The van der Waals surface area contributed by atoms with E-state index in [2.05, 4.69) is 29.1 Å². The van der Waals surface area contributed by atoms with Gasteiger partial charge in [0.1, 0.15) is 11.9 Å². The minimum atomic E-state index is -0.614. The first-order valence-corrected chi connectivity index (χ1v) is 8.96. The normalized spacial score (nSPS) is 30.8. The van der Waals surface area contributed by atoms with Gasteiger partial charge in [-0.3, -0.25) is 5.32 Å². The number of piperidine rings is 1. The highest BCUT2D eigenvalue weighted by atomic mass is 16.5. The van der Waals surface area contributed by atoms with Gasteiger partial charge in [-0.05, 0) is 26.3 Å². The molecule has 4 rings (SSSR count). The summed E-state index contributed by atoms with van der Waals surface area (Å²) in [6.07, 6.45) is 3.33. The highest BCUT2D eigenvalue weighted by Crippen LogP contribution is 2.41. The van der Waals surface area contributed by atoms with Crippen molar-refractivity contribution in [2.24, 2.45) is 5.92 Å². The van der Waals surface area contributed by atoms with E-state index in [1.54, 1.807) is 0 Å². The Hall–Kier alpha value is -1.95. The lowest BCUT2D eigenvalue weighted by atomic mass is 9.79. The van der Waals surface area contributed by atoms with Gasteiger partial charge in [0.2, 0.25) is 0 Å². The van der Waals surface area contributed by atoms with Crippen LogP contribution in [0.3, 0.4) is 0 Å². The number of nitrogens with zero attached hydrogens (tertiary/aromatic N) is 2. The highest BCUT2D eigenvalue weighted by molar-refractivity contribution is 5.40. The van der Waals surface area contributed by atoms with Crippen molar-refractivity contribution in [3.63, 3.8) is 0 Å². The zero-order chi connectivity index (χ0) is 17.6. The summed E-state index contributed by atoms with van der Waals surface area (Å²) in [5.74, 6) is 1.06. The lowest BCUT2D eigenvalue weighted by molar-refractivity contribution is -0.102. The van der Waals surface area contributed by atoms with Crippen molar-refractivity contribution in [1.82, 2.24) is 14.9 Å². The third-order valence-corrected chi connectivity index (χ3v) is 5.47. The third-order valence-electron chi connectivity index (χ3n) is 5.47. The summed E-state index contributed by atoms with van der Waals surface area (Å²) < 4.78 is 8.14. The number of nitrogens with one attached hydrogen (secondary N) is 1. The van der Waals surface area contributed by atoms with E-state index in [9.17, 15) is 5.11 Å². The summed E-state index contributed by atoms with van der Waals surface area (Å²) in [6, 6.07) is 9.92. The van der Waals surface area contributed by atoms with Gasteiger partial charge in [0.25, 0.3) is 0 Å². The van der Waals surface area contributed by atoms with E-state index >= 15 is 0 Å². The molecule has 0 aliphatic carbocycles. The molecule has 25 heavy (non-hydrogen) atoms. The van der Waals surface area contributed by atoms with Crippen LogP contribution in [0.5, 0.6) is 0 Å². The van der Waals surface area contributed by atoms with Gasteiger partial charge in [0, 0.05) is 24.4 Å². The largest absolute Gasteiger partial charge is 0.388 e. The number of aryl methyl sites for hydroxylation is 1. The number of aromatic nitrogens is 2. The van der Waals surface area contributed by atoms with Crippen LogP contribution in [0, 0.1) is 19.8 Å². The third kappa shape index (κ3) is 2.63. The lowest BCUT2D eigenvalue weighted by Crippen LogP contribution is -2.55. The van der Waals surface area contributed by atoms with Crippen LogP contribution >= 0.6 is 0 Å². The van der Waals surface area contributed by atoms with Crippen LogP contribution in [0.1, 0.15) is 41.8 Å². The van der Waals surface area contributed by atoms with Gasteiger partial charge in [-0.15, -0.1) is 0 Å². The van der Waals surface area contributed by atoms with Crippen LogP contribution in [0.2, 0.25) is 0 Å². The van der Waals surface area contributed by atoms with Crippen molar-refractivity contribution in [2.45, 2.75) is 45.1 Å². The monoisotopic (exact) mass is 339 g/mol. The summed E-state index contributed by atoms with van der Waals surface area (Å²) in [7, 11) is 0. The molecule has 2 N–H and O–H groups in total. The van der Waals surface area contributed by atoms with E-state index in [0.29, 0.717) is 6.61 Å². The fourth-order valence-corrected chi connectivity index (χ4v) is 4.08. The molecule has 0 saturated carbocycles. The van der Waals surface area contributed by atoms with Crippen molar-refractivity contribution in [3.05, 3.63) is 59.2 Å². The van der Waals surface area contributed by atoms with Gasteiger partial charge in [-0.1, -0.05) is 36.4 Å². The smallest absolute Gasteiger partial charge is 0.131 e. The fraction of sp³-hybridized carbons (Fsp3) is 0.450. The van der Waals surface area contributed by atoms with E-state index in [-0.39, 0.29) is 24.1 Å². The molecule has 2 unspecified atom stereocenters. The zero-order valence-electron chi connectivity index (χ0n) is 14.9. The number of hydrogen-bond donors (Lipinski definition) is 2. The Kier molecular flexibility index (Phi) is 4.23. The van der Waals surface area contributed by atoms with Crippen LogP contribution in [0.4, 0.5) is 0 Å². The van der Waals surface area contributed by atoms with Gasteiger partial charge in [0.15, 0.2) is 0 Å². The quantitative estimate of drug-likeness (QED) is 0.903. The van der Waals surface area contributed by atoms with Crippen molar-refractivity contribution < 1.29 is 9.84 Å². The summed E-state index contributed by atoms with van der Waals surface area (Å²) in [5, 5.41) is 14.7. The molecule has 5 heteroatoms. The molecule has 0 amide bonds. The summed E-state index contributed by atoms with van der Waals surface area (Å²) in [5.41, 5.74) is 3.26. The molecule has 2 aliphatic heterocycles. The maximum Gasteiger partial charge on any atom is 0.131 e. The minimum Gasteiger partial charge on any atom is -0.388 e. The van der Waals surface area contributed by atoms with Gasteiger partial charge >= 0.3 is 0 Å². The molecule has 1 aromatic heterocycles. The van der Waals surface area contributed by atoms with Crippen LogP contribution in [-0.4, -0.2) is 33.5 Å². The van der Waals surface area contributed by atoms with Crippen molar-refractivity contribution >= 4 is 6.20 Å². The van der Waals surface area contributed by atoms with E-state index in [1.807, 2.05) is 44.2 Å². The zero-order valence-corrected chi connectivity index (χ0v) is 14.9. The maximum absolute atomic E-state index is 11.0. The molecule has 5 nitrogen and oxygen atoms in total. The van der Waals surface area contributed by atoms with Gasteiger partial charge in [0.05, 0.1) is 23.9 Å². The predicted octanol–water partition coefficient (Wildman–Crippen LogP) is 2.75. The number of aliphatic hydroxyl groups is 1. The maximum atomic E-state index is 11.0. The van der Waals surface area contributed by atoms with Gasteiger partial charge in [-0.25, -0.2) is 4.98 Å². The highest BCUT2D eigenvalue weighted by Gasteiger charge is 2.47.